The summed E-state index contributed by atoms with van der Waals surface area (Å²) in [4.78, 5) is 26.5. The van der Waals surface area contributed by atoms with Crippen LogP contribution in [0.3, 0.4) is 0 Å². The van der Waals surface area contributed by atoms with E-state index in [4.69, 9.17) is 11.6 Å². The van der Waals surface area contributed by atoms with Crippen LogP contribution in [-0.4, -0.2) is 52.2 Å². The molecule has 11 heteroatoms. The van der Waals surface area contributed by atoms with Crippen LogP contribution < -0.4 is 15.5 Å². The molecule has 0 bridgehead atoms. The van der Waals surface area contributed by atoms with Gasteiger partial charge in [0.15, 0.2) is 10.9 Å². The van der Waals surface area contributed by atoms with E-state index in [0.717, 1.165) is 38.0 Å². The quantitative estimate of drug-likeness (QED) is 0.228. The molecule has 1 fully saturated rings. The van der Waals surface area contributed by atoms with Crippen LogP contribution in [0.1, 0.15) is 39.2 Å². The molecule has 0 aliphatic carbocycles. The van der Waals surface area contributed by atoms with Gasteiger partial charge in [0.1, 0.15) is 11.6 Å². The lowest BCUT2D eigenvalue weighted by Gasteiger charge is -2.42. The van der Waals surface area contributed by atoms with E-state index in [-0.39, 0.29) is 22.4 Å². The third-order valence-electron chi connectivity index (χ3n) is 7.74. The SMILES string of the molecule is CC(C)(C)CN1CCC2(CC1)CN(c1ncccc1NC(=O)Nc1nc3ccc(F)cc3s1)c1c(O)ccc(Cl)c12. The number of hydrogen-bond donors (Lipinski definition) is 3. The third-order valence-corrected chi connectivity index (χ3v) is 8.99. The monoisotopic (exact) mass is 594 g/mol. The molecule has 2 aliphatic heterocycles. The van der Waals surface area contributed by atoms with Crippen molar-refractivity contribution < 1.29 is 14.3 Å². The van der Waals surface area contributed by atoms with Crippen molar-refractivity contribution in [1.82, 2.24) is 14.9 Å². The summed E-state index contributed by atoms with van der Waals surface area (Å²) < 4.78 is 14.2. The number of piperidine rings is 1. The van der Waals surface area contributed by atoms with Crippen molar-refractivity contribution in [3.05, 3.63) is 65.1 Å². The Balaban J connectivity index is 1.28. The van der Waals surface area contributed by atoms with E-state index < -0.39 is 6.03 Å². The van der Waals surface area contributed by atoms with Crippen molar-refractivity contribution in [2.24, 2.45) is 5.41 Å². The number of rotatable bonds is 4. The lowest BCUT2D eigenvalue weighted by atomic mass is 9.74. The van der Waals surface area contributed by atoms with E-state index in [1.54, 1.807) is 36.5 Å². The molecule has 0 unspecified atom stereocenters. The van der Waals surface area contributed by atoms with E-state index in [1.165, 1.54) is 23.5 Å². The number of halogens is 2. The van der Waals surface area contributed by atoms with Gasteiger partial charge in [0, 0.05) is 35.3 Å². The van der Waals surface area contributed by atoms with E-state index in [0.29, 0.717) is 44.1 Å². The second-order valence-electron chi connectivity index (χ2n) is 12.1. The summed E-state index contributed by atoms with van der Waals surface area (Å²) >= 11 is 8.03. The number of likely N-dealkylation sites (tertiary alicyclic amines) is 1. The molecule has 0 radical (unpaired) electrons. The molecule has 0 saturated carbocycles. The number of fused-ring (bicyclic) bond motifs is 3. The highest BCUT2D eigenvalue weighted by atomic mass is 35.5. The molecule has 6 rings (SSSR count). The number of pyridine rings is 1. The molecule has 4 aromatic rings. The zero-order chi connectivity index (χ0) is 28.9. The van der Waals surface area contributed by atoms with Gasteiger partial charge < -0.3 is 20.2 Å². The number of aromatic hydroxyl groups is 1. The highest BCUT2D eigenvalue weighted by molar-refractivity contribution is 7.22. The maximum absolute atomic E-state index is 13.6. The third kappa shape index (κ3) is 5.43. The molecule has 0 atom stereocenters. The number of anilines is 4. The van der Waals surface area contributed by atoms with Crippen LogP contribution in [0, 0.1) is 11.2 Å². The second kappa shape index (κ2) is 10.4. The number of thiazole rings is 1. The number of nitrogens with one attached hydrogen (secondary N) is 2. The number of hydrogen-bond acceptors (Lipinski definition) is 7. The van der Waals surface area contributed by atoms with Crippen LogP contribution in [0.25, 0.3) is 10.2 Å². The smallest absolute Gasteiger partial charge is 0.325 e. The van der Waals surface area contributed by atoms with Gasteiger partial charge in [-0.05, 0) is 73.8 Å². The van der Waals surface area contributed by atoms with Crippen LogP contribution in [0.15, 0.2) is 48.7 Å². The van der Waals surface area contributed by atoms with Crippen molar-refractivity contribution in [1.29, 1.82) is 0 Å². The number of nitrogens with zero attached hydrogens (tertiary/aromatic N) is 4. The van der Waals surface area contributed by atoms with Crippen LogP contribution in [0.2, 0.25) is 5.02 Å². The minimum absolute atomic E-state index is 0.126. The minimum atomic E-state index is -0.501. The number of urea groups is 1. The molecule has 2 amide bonds. The largest absolute Gasteiger partial charge is 0.506 e. The summed E-state index contributed by atoms with van der Waals surface area (Å²) in [6, 6.07) is 10.7. The Kier molecular flexibility index (Phi) is 7.04. The first-order valence-electron chi connectivity index (χ1n) is 13.6. The average molecular weight is 595 g/mol. The number of phenols is 1. The molecule has 8 nitrogen and oxygen atoms in total. The molecule has 4 heterocycles. The highest BCUT2D eigenvalue weighted by Crippen LogP contribution is 2.56. The van der Waals surface area contributed by atoms with Crippen molar-refractivity contribution in [2.75, 3.05) is 41.7 Å². The fraction of sp³-hybridized carbons (Fsp3) is 0.367. The minimum Gasteiger partial charge on any atom is -0.506 e. The van der Waals surface area contributed by atoms with Gasteiger partial charge in [-0.3, -0.25) is 5.32 Å². The van der Waals surface area contributed by atoms with Gasteiger partial charge in [-0.2, -0.15) is 0 Å². The number of benzene rings is 2. The van der Waals surface area contributed by atoms with Gasteiger partial charge in [0.25, 0.3) is 0 Å². The second-order valence-corrected chi connectivity index (χ2v) is 13.5. The Bertz CT molecular complexity index is 1630. The van der Waals surface area contributed by atoms with Crippen LogP contribution in [0.5, 0.6) is 5.75 Å². The predicted molar refractivity (Wildman–Crippen MR) is 163 cm³/mol. The lowest BCUT2D eigenvalue weighted by molar-refractivity contribution is 0.125. The van der Waals surface area contributed by atoms with Gasteiger partial charge in [0.05, 0.1) is 21.6 Å². The topological polar surface area (TPSA) is 93.6 Å². The molecule has 1 spiro atoms. The lowest BCUT2D eigenvalue weighted by Crippen LogP contribution is -2.47. The summed E-state index contributed by atoms with van der Waals surface area (Å²) in [5.74, 6) is 0.284. The maximum Gasteiger partial charge on any atom is 0.325 e. The van der Waals surface area contributed by atoms with Gasteiger partial charge in [-0.1, -0.05) is 43.7 Å². The number of carbonyl (C=O) groups excluding carboxylic acids is 1. The molecule has 1 saturated heterocycles. The van der Waals surface area contributed by atoms with Crippen molar-refractivity contribution in [3.63, 3.8) is 0 Å². The van der Waals surface area contributed by atoms with Crippen molar-refractivity contribution in [2.45, 2.75) is 39.0 Å². The molecular weight excluding hydrogens is 563 g/mol. The number of aromatic nitrogens is 2. The van der Waals surface area contributed by atoms with Crippen LogP contribution >= 0.6 is 22.9 Å². The normalized spacial score (nSPS) is 16.8. The van der Waals surface area contributed by atoms with Crippen molar-refractivity contribution >= 4 is 61.5 Å². The number of amides is 2. The first-order valence-corrected chi connectivity index (χ1v) is 14.8. The Hall–Kier alpha value is -3.47. The first-order chi connectivity index (χ1) is 19.5. The van der Waals surface area contributed by atoms with Gasteiger partial charge in [-0.15, -0.1) is 0 Å². The van der Waals surface area contributed by atoms with Gasteiger partial charge in [-0.25, -0.2) is 19.2 Å². The molecule has 2 aromatic carbocycles. The molecule has 2 aromatic heterocycles. The zero-order valence-electron chi connectivity index (χ0n) is 23.2. The van der Waals surface area contributed by atoms with E-state index in [2.05, 4.69) is 46.3 Å². The molecule has 41 heavy (non-hydrogen) atoms. The summed E-state index contributed by atoms with van der Waals surface area (Å²) in [5.41, 5.74) is 2.61. The molecule has 2 aliphatic rings. The molecule has 214 valence electrons. The van der Waals surface area contributed by atoms with Crippen LogP contribution in [0.4, 0.5) is 31.5 Å². The maximum atomic E-state index is 13.6. The van der Waals surface area contributed by atoms with Gasteiger partial charge in [0.2, 0.25) is 0 Å². The average Bonchev–Trinajstić information content (AvgIpc) is 3.46. The Morgan fingerprint density at radius 2 is 1.95 bits per heavy atom. The fourth-order valence-electron chi connectivity index (χ4n) is 6.11. The predicted octanol–water partition coefficient (Wildman–Crippen LogP) is 7.36. The van der Waals surface area contributed by atoms with E-state index in [9.17, 15) is 14.3 Å². The zero-order valence-corrected chi connectivity index (χ0v) is 24.7. The summed E-state index contributed by atoms with van der Waals surface area (Å²) in [5, 5.41) is 17.7. The fourth-order valence-corrected chi connectivity index (χ4v) is 7.34. The molecule has 3 N–H and O–H groups in total. The van der Waals surface area contributed by atoms with E-state index in [1.807, 2.05) is 4.90 Å². The molecular formula is C30H32ClFN6O2S. The number of carbonyl (C=O) groups is 1. The standard InChI is InChI=1S/C30H32ClFN6O2S/c1-29(2,3)16-37-13-10-30(11-14-37)17-38(25-22(39)9-7-19(31)24(25)30)26-21(5-4-12-33-26)34-27(40)36-28-35-20-8-6-18(32)15-23(20)41-28/h4-9,12,15,39H,10-11,13-14,16-17H2,1-3H3,(H2,34,35,36,40). The summed E-state index contributed by atoms with van der Waals surface area (Å²) in [6.07, 6.45) is 3.45. The summed E-state index contributed by atoms with van der Waals surface area (Å²) in [7, 11) is 0. The first kappa shape index (κ1) is 27.7. The summed E-state index contributed by atoms with van der Waals surface area (Å²) in [6.45, 7) is 10.2. The Morgan fingerprint density at radius 3 is 2.71 bits per heavy atom. The Morgan fingerprint density at radius 1 is 1.17 bits per heavy atom. The highest BCUT2D eigenvalue weighted by Gasteiger charge is 2.48. The van der Waals surface area contributed by atoms with Gasteiger partial charge >= 0.3 is 6.03 Å². The van der Waals surface area contributed by atoms with Crippen LogP contribution in [-0.2, 0) is 5.41 Å². The van der Waals surface area contributed by atoms with Crippen molar-refractivity contribution in [3.8, 4) is 5.75 Å². The van der Waals surface area contributed by atoms with E-state index >= 15 is 0 Å². The Labute approximate surface area is 247 Å². The number of phenolic OH excluding ortho intramolecular Hbond substituents is 1.